The van der Waals surface area contributed by atoms with Gasteiger partial charge < -0.3 is 68.4 Å². The number of hydrogen-bond acceptors (Lipinski definition) is 14. The van der Waals surface area contributed by atoms with E-state index in [-0.39, 0.29) is 25.0 Å². The van der Waals surface area contributed by atoms with E-state index in [0.29, 0.717) is 17.0 Å². The third-order valence-corrected chi connectivity index (χ3v) is 8.86. The normalized spacial score (nSPS) is 13.2. The maximum atomic E-state index is 13.6. The number of nitrogens with zero attached hydrogens (tertiary/aromatic N) is 1. The molecule has 0 unspecified atom stereocenters. The number of aromatic hydroxyl groups is 1. The number of aliphatic carboxylic acids is 3. The second-order valence-electron chi connectivity index (χ2n) is 12.9. The fourth-order valence-electron chi connectivity index (χ4n) is 5.22. The van der Waals surface area contributed by atoms with Crippen molar-refractivity contribution in [2.75, 3.05) is 31.6 Å². The number of carbonyl (C=O) groups is 10. The Morgan fingerprint density at radius 1 is 0.667 bits per heavy atom. The SMILES string of the molecule is CSCC[C@H](NC(=O)[C@H](CCC(=O)O)NC(=O)CNC(=O)[C@H](CC(=O)O)NC(=O)[C@H](Cc1cnc[nH]1)NC(=O)CN)C(=O)N[C@@H](Cc1ccc(O)cc1)C(=O)NCC(=O)O. The van der Waals surface area contributed by atoms with Gasteiger partial charge >= 0.3 is 17.9 Å². The van der Waals surface area contributed by atoms with Crippen LogP contribution in [0.3, 0.4) is 0 Å². The van der Waals surface area contributed by atoms with E-state index in [1.54, 1.807) is 6.26 Å². The number of carbonyl (C=O) groups excluding carboxylic acids is 7. The number of carboxylic acids is 3. The van der Waals surface area contributed by atoms with E-state index in [4.69, 9.17) is 10.8 Å². The molecular weight excluding hydrogens is 817 g/mol. The summed E-state index contributed by atoms with van der Waals surface area (Å²) in [6.07, 6.45) is 1.96. The van der Waals surface area contributed by atoms with Crippen molar-refractivity contribution in [3.05, 3.63) is 48.0 Å². The number of aromatic amines is 1. The average Bonchev–Trinajstić information content (AvgIpc) is 3.71. The number of imidazole rings is 1. The van der Waals surface area contributed by atoms with Crippen LogP contribution >= 0.6 is 11.8 Å². The van der Waals surface area contributed by atoms with Crippen LogP contribution in [-0.2, 0) is 60.8 Å². The fraction of sp³-hybridized carbons (Fsp3) is 0.457. The summed E-state index contributed by atoms with van der Waals surface area (Å²) >= 11 is 1.29. The monoisotopic (exact) mass is 864 g/mol. The minimum atomic E-state index is -1.77. The summed E-state index contributed by atoms with van der Waals surface area (Å²) in [7, 11) is 0. The molecule has 2 rings (SSSR count). The first kappa shape index (κ1) is 49.4. The van der Waals surface area contributed by atoms with Crippen molar-refractivity contribution in [3.8, 4) is 5.75 Å². The number of aromatic nitrogens is 2. The number of hydrogen-bond donors (Lipinski definition) is 13. The van der Waals surface area contributed by atoms with E-state index in [1.165, 1.54) is 48.6 Å². The number of amides is 7. The summed E-state index contributed by atoms with van der Waals surface area (Å²) in [4.78, 5) is 132. The van der Waals surface area contributed by atoms with Gasteiger partial charge in [-0.25, -0.2) is 4.98 Å². The van der Waals surface area contributed by atoms with Gasteiger partial charge in [-0.2, -0.15) is 11.8 Å². The van der Waals surface area contributed by atoms with Gasteiger partial charge in [-0.05, 0) is 42.5 Å². The third-order valence-electron chi connectivity index (χ3n) is 8.22. The molecule has 14 N–H and O–H groups in total. The Bertz CT molecular complexity index is 1830. The molecule has 1 aromatic heterocycles. The van der Waals surface area contributed by atoms with Crippen LogP contribution in [0.2, 0.25) is 0 Å². The van der Waals surface area contributed by atoms with Crippen molar-refractivity contribution in [2.24, 2.45) is 5.73 Å². The number of carboxylic acid groups (broad SMARTS) is 3. The number of phenolic OH excluding ortho intramolecular Hbond substituents is 1. The predicted octanol–water partition coefficient (Wildman–Crippen LogP) is -4.31. The second-order valence-corrected chi connectivity index (χ2v) is 13.9. The number of thioether (sulfide) groups is 1. The zero-order chi connectivity index (χ0) is 44.8. The van der Waals surface area contributed by atoms with Crippen LogP contribution in [0.4, 0.5) is 0 Å². The Hall–Kier alpha value is -6.76. The van der Waals surface area contributed by atoms with Crippen molar-refractivity contribution in [2.45, 2.75) is 68.7 Å². The van der Waals surface area contributed by atoms with Gasteiger partial charge in [0, 0.05) is 31.2 Å². The molecule has 7 amide bonds. The van der Waals surface area contributed by atoms with Crippen LogP contribution in [-0.4, -0.2) is 152 Å². The molecule has 24 nitrogen and oxygen atoms in total. The van der Waals surface area contributed by atoms with E-state index in [2.05, 4.69) is 47.2 Å². The Morgan fingerprint density at radius 2 is 1.22 bits per heavy atom. The summed E-state index contributed by atoms with van der Waals surface area (Å²) in [5.74, 6) is -10.7. The van der Waals surface area contributed by atoms with E-state index >= 15 is 0 Å². The van der Waals surface area contributed by atoms with Crippen molar-refractivity contribution in [1.82, 2.24) is 47.2 Å². The lowest BCUT2D eigenvalue weighted by Gasteiger charge is -2.25. The molecule has 0 fully saturated rings. The number of nitrogens with two attached hydrogens (primary N) is 1. The molecule has 0 saturated carbocycles. The van der Waals surface area contributed by atoms with Crippen LogP contribution in [0.5, 0.6) is 5.75 Å². The predicted molar refractivity (Wildman–Crippen MR) is 209 cm³/mol. The first-order chi connectivity index (χ1) is 28.4. The summed E-state index contributed by atoms with van der Waals surface area (Å²) in [5.41, 5.74) is 6.21. The zero-order valence-corrected chi connectivity index (χ0v) is 33.0. The van der Waals surface area contributed by atoms with Gasteiger partial charge in [-0.15, -0.1) is 0 Å². The number of benzene rings is 1. The molecule has 1 aromatic carbocycles. The van der Waals surface area contributed by atoms with Crippen molar-refractivity contribution >= 4 is 71.0 Å². The number of nitrogens with one attached hydrogen (secondary N) is 8. The van der Waals surface area contributed by atoms with Crippen LogP contribution in [0.25, 0.3) is 0 Å². The molecule has 0 aliphatic carbocycles. The Morgan fingerprint density at radius 3 is 1.78 bits per heavy atom. The standard InChI is InChI=1S/C35H48N10O14S/c1-60-9-8-22(34(58)44-23(31(55)39-16-30(53)54)10-18-2-4-20(46)5-3-18)43-33(57)21(6-7-28(49)50)41-27(48)15-38-32(56)25(12-29(51)52)45-35(59)24(42-26(47)13-36)11-19-14-37-17-40-19/h2-5,14,17,21-25,46H,6-13,15-16,36H2,1H3,(H,37,40)(H,38,56)(H,39,55)(H,41,48)(H,42,47)(H,43,57)(H,44,58)(H,45,59)(H,49,50)(H,51,52)(H,53,54)/t21-,22-,23-,24-,25-/m0/s1. The highest BCUT2D eigenvalue weighted by Crippen LogP contribution is 2.12. The lowest BCUT2D eigenvalue weighted by atomic mass is 10.0. The molecule has 0 spiro atoms. The number of rotatable bonds is 27. The van der Waals surface area contributed by atoms with Gasteiger partial charge in [0.15, 0.2) is 0 Å². The van der Waals surface area contributed by atoms with Crippen LogP contribution in [0.15, 0.2) is 36.8 Å². The zero-order valence-electron chi connectivity index (χ0n) is 32.2. The molecule has 0 saturated heterocycles. The highest BCUT2D eigenvalue weighted by atomic mass is 32.2. The highest BCUT2D eigenvalue weighted by molar-refractivity contribution is 7.98. The average molecular weight is 865 g/mol. The van der Waals surface area contributed by atoms with Gasteiger partial charge in [0.2, 0.25) is 41.4 Å². The Balaban J connectivity index is 2.20. The summed E-state index contributed by atoms with van der Waals surface area (Å²) in [6.45, 7) is -2.16. The molecule has 0 radical (unpaired) electrons. The first-order valence-corrected chi connectivity index (χ1v) is 19.5. The van der Waals surface area contributed by atoms with Gasteiger partial charge in [-0.3, -0.25) is 47.9 Å². The van der Waals surface area contributed by atoms with Crippen molar-refractivity contribution in [1.29, 1.82) is 0 Å². The molecule has 0 aliphatic heterocycles. The maximum absolute atomic E-state index is 13.6. The third kappa shape index (κ3) is 18.7. The summed E-state index contributed by atoms with van der Waals surface area (Å²) in [5, 5.41) is 53.5. The van der Waals surface area contributed by atoms with Gasteiger partial charge in [-0.1, -0.05) is 12.1 Å². The van der Waals surface area contributed by atoms with Crippen molar-refractivity contribution < 1.29 is 68.4 Å². The molecule has 328 valence electrons. The molecular formula is C35H48N10O14S. The molecule has 25 heteroatoms. The molecule has 1 heterocycles. The molecule has 2 aromatic rings. The lowest BCUT2D eigenvalue weighted by Crippen LogP contribution is -2.58. The van der Waals surface area contributed by atoms with E-state index in [1.807, 2.05) is 0 Å². The molecule has 60 heavy (non-hydrogen) atoms. The van der Waals surface area contributed by atoms with E-state index in [0.717, 1.165) is 0 Å². The minimum absolute atomic E-state index is 0.0214. The van der Waals surface area contributed by atoms with Crippen molar-refractivity contribution in [3.63, 3.8) is 0 Å². The molecule has 0 aliphatic rings. The molecule has 0 bridgehead atoms. The number of H-pyrrole nitrogens is 1. The second kappa shape index (κ2) is 25.6. The van der Waals surface area contributed by atoms with Gasteiger partial charge in [0.25, 0.3) is 0 Å². The summed E-state index contributed by atoms with van der Waals surface area (Å²) < 4.78 is 0. The Kier molecular flexibility index (Phi) is 21.0. The largest absolute Gasteiger partial charge is 0.508 e. The smallest absolute Gasteiger partial charge is 0.322 e. The molecule has 5 atom stereocenters. The lowest BCUT2D eigenvalue weighted by molar-refractivity contribution is -0.141. The van der Waals surface area contributed by atoms with E-state index < -0.39 is 128 Å². The van der Waals surface area contributed by atoms with Crippen LogP contribution < -0.4 is 43.0 Å². The maximum Gasteiger partial charge on any atom is 0.322 e. The summed E-state index contributed by atoms with van der Waals surface area (Å²) in [6, 6.07) is -1.82. The minimum Gasteiger partial charge on any atom is -0.508 e. The van der Waals surface area contributed by atoms with E-state index in [9.17, 15) is 63.3 Å². The van der Waals surface area contributed by atoms with Crippen LogP contribution in [0, 0.1) is 0 Å². The highest BCUT2D eigenvalue weighted by Gasteiger charge is 2.32. The van der Waals surface area contributed by atoms with Crippen LogP contribution in [0.1, 0.15) is 36.9 Å². The fourth-order valence-corrected chi connectivity index (χ4v) is 5.69. The quantitative estimate of drug-likeness (QED) is 0.0404. The van der Waals surface area contributed by atoms with Gasteiger partial charge in [0.05, 0.1) is 25.8 Å². The number of phenols is 1. The first-order valence-electron chi connectivity index (χ1n) is 18.1. The van der Waals surface area contributed by atoms with Gasteiger partial charge in [0.1, 0.15) is 42.5 Å². The topological polar surface area (TPSA) is 391 Å². The Labute approximate surface area is 346 Å².